The van der Waals surface area contributed by atoms with Crippen molar-refractivity contribution < 1.29 is 4.39 Å². The summed E-state index contributed by atoms with van der Waals surface area (Å²) in [7, 11) is 1.91. The summed E-state index contributed by atoms with van der Waals surface area (Å²) in [4.78, 5) is 2.37. The highest BCUT2D eigenvalue weighted by Gasteiger charge is 2.17. The molecule has 0 amide bonds. The van der Waals surface area contributed by atoms with Gasteiger partial charge in [-0.1, -0.05) is 19.9 Å². The lowest BCUT2D eigenvalue weighted by atomic mass is 9.96. The van der Waals surface area contributed by atoms with E-state index >= 15 is 0 Å². The van der Waals surface area contributed by atoms with Gasteiger partial charge in [-0.15, -0.1) is 0 Å². The second-order valence-corrected chi connectivity index (χ2v) is 5.13. The van der Waals surface area contributed by atoms with Crippen LogP contribution in [0.25, 0.3) is 0 Å². The van der Waals surface area contributed by atoms with Crippen LogP contribution in [0.15, 0.2) is 12.1 Å². The fourth-order valence-corrected chi connectivity index (χ4v) is 2.65. The Morgan fingerprint density at radius 1 is 1.21 bits per heavy atom. The number of hydrogen-bond donors (Lipinski definition) is 1. The van der Waals surface area contributed by atoms with Gasteiger partial charge in [-0.05, 0) is 64.1 Å². The molecule has 0 saturated heterocycles. The van der Waals surface area contributed by atoms with E-state index in [1.54, 1.807) is 6.07 Å². The fraction of sp³-hybridized carbons (Fsp3) is 0.625. The Bertz CT molecular complexity index is 377. The molecule has 0 aliphatic rings. The molecular weight excluding hydrogens is 239 g/mol. The second-order valence-electron chi connectivity index (χ2n) is 5.13. The summed E-state index contributed by atoms with van der Waals surface area (Å²) < 4.78 is 14.2. The van der Waals surface area contributed by atoms with Crippen molar-refractivity contribution in [2.75, 3.05) is 26.7 Å². The molecule has 1 unspecified atom stereocenters. The zero-order chi connectivity index (χ0) is 14.4. The number of hydrogen-bond acceptors (Lipinski definition) is 2. The van der Waals surface area contributed by atoms with E-state index in [-0.39, 0.29) is 11.9 Å². The van der Waals surface area contributed by atoms with Crippen LogP contribution in [-0.2, 0) is 0 Å². The minimum absolute atomic E-state index is 0.0844. The van der Waals surface area contributed by atoms with Crippen LogP contribution >= 0.6 is 0 Å². The third-order valence-corrected chi connectivity index (χ3v) is 3.81. The molecule has 0 bridgehead atoms. The molecule has 0 saturated carbocycles. The molecule has 0 aliphatic heterocycles. The number of rotatable bonds is 7. The van der Waals surface area contributed by atoms with Gasteiger partial charge in [0.1, 0.15) is 5.82 Å². The minimum atomic E-state index is -0.0867. The van der Waals surface area contributed by atoms with Crippen LogP contribution in [0, 0.1) is 19.7 Å². The van der Waals surface area contributed by atoms with Gasteiger partial charge in [0.2, 0.25) is 0 Å². The molecule has 1 rings (SSSR count). The Hall–Kier alpha value is -0.930. The number of nitrogens with one attached hydrogen (secondary N) is 1. The largest absolute Gasteiger partial charge is 0.313 e. The van der Waals surface area contributed by atoms with E-state index in [4.69, 9.17) is 0 Å². The molecule has 1 N–H and O–H groups in total. The first-order valence-electron chi connectivity index (χ1n) is 7.19. The lowest BCUT2D eigenvalue weighted by Crippen LogP contribution is -2.29. The van der Waals surface area contributed by atoms with E-state index in [1.807, 2.05) is 20.9 Å². The predicted octanol–water partition coefficient (Wildman–Crippen LogP) is 3.43. The van der Waals surface area contributed by atoms with Crippen molar-refractivity contribution >= 4 is 0 Å². The molecule has 0 spiro atoms. The van der Waals surface area contributed by atoms with E-state index in [0.717, 1.165) is 42.7 Å². The van der Waals surface area contributed by atoms with Crippen LogP contribution in [0.3, 0.4) is 0 Å². The third-order valence-electron chi connectivity index (χ3n) is 3.81. The summed E-state index contributed by atoms with van der Waals surface area (Å²) in [5, 5.41) is 3.26. The maximum atomic E-state index is 14.2. The summed E-state index contributed by atoms with van der Waals surface area (Å²) in [6.07, 6.45) is 0.930. The molecule has 1 aromatic carbocycles. The zero-order valence-electron chi connectivity index (χ0n) is 12.9. The Morgan fingerprint density at radius 3 is 2.32 bits per heavy atom. The maximum Gasteiger partial charge on any atom is 0.128 e. The summed E-state index contributed by atoms with van der Waals surface area (Å²) in [6.45, 7) is 11.3. The Kier molecular flexibility index (Phi) is 6.46. The van der Waals surface area contributed by atoms with Crippen molar-refractivity contribution in [2.45, 2.75) is 40.2 Å². The monoisotopic (exact) mass is 266 g/mol. The smallest absolute Gasteiger partial charge is 0.128 e. The lowest BCUT2D eigenvalue weighted by Gasteiger charge is -2.24. The van der Waals surface area contributed by atoms with E-state index in [0.29, 0.717) is 0 Å². The van der Waals surface area contributed by atoms with Crippen LogP contribution in [0.2, 0.25) is 0 Å². The Morgan fingerprint density at radius 2 is 1.84 bits per heavy atom. The van der Waals surface area contributed by atoms with E-state index < -0.39 is 0 Å². The summed E-state index contributed by atoms with van der Waals surface area (Å²) in [6, 6.07) is 3.77. The first-order valence-corrected chi connectivity index (χ1v) is 7.19. The molecule has 0 fully saturated rings. The van der Waals surface area contributed by atoms with Crippen molar-refractivity contribution in [1.82, 2.24) is 10.2 Å². The maximum absolute atomic E-state index is 14.2. The molecule has 1 aromatic rings. The number of nitrogens with zero attached hydrogens (tertiary/aromatic N) is 1. The zero-order valence-corrected chi connectivity index (χ0v) is 12.9. The average molecular weight is 266 g/mol. The first kappa shape index (κ1) is 16.1. The van der Waals surface area contributed by atoms with Gasteiger partial charge in [-0.2, -0.15) is 0 Å². The SMILES string of the molecule is CCN(CC)CCC(NC)c1c(C)cc(C)cc1F. The lowest BCUT2D eigenvalue weighted by molar-refractivity contribution is 0.283. The molecule has 0 aromatic heterocycles. The topological polar surface area (TPSA) is 15.3 Å². The molecule has 0 aliphatic carbocycles. The molecule has 108 valence electrons. The Balaban J connectivity index is 2.86. The molecule has 3 heteroatoms. The van der Waals surface area contributed by atoms with Crippen molar-refractivity contribution in [3.63, 3.8) is 0 Å². The quantitative estimate of drug-likeness (QED) is 0.813. The van der Waals surface area contributed by atoms with Gasteiger partial charge >= 0.3 is 0 Å². The number of halogens is 1. The molecule has 1 atom stereocenters. The summed E-state index contributed by atoms with van der Waals surface area (Å²) in [5.74, 6) is -0.0867. The van der Waals surface area contributed by atoms with Gasteiger partial charge < -0.3 is 10.2 Å². The number of aryl methyl sites for hydroxylation is 2. The normalized spacial score (nSPS) is 13.0. The van der Waals surface area contributed by atoms with Gasteiger partial charge in [0.25, 0.3) is 0 Å². The van der Waals surface area contributed by atoms with E-state index in [1.165, 1.54) is 0 Å². The highest BCUT2D eigenvalue weighted by molar-refractivity contribution is 5.34. The molecule has 19 heavy (non-hydrogen) atoms. The van der Waals surface area contributed by atoms with Crippen molar-refractivity contribution in [2.24, 2.45) is 0 Å². The molecule has 0 radical (unpaired) electrons. The Labute approximate surface area is 117 Å². The summed E-state index contributed by atoms with van der Waals surface area (Å²) >= 11 is 0. The van der Waals surface area contributed by atoms with E-state index in [9.17, 15) is 4.39 Å². The highest BCUT2D eigenvalue weighted by Crippen LogP contribution is 2.25. The highest BCUT2D eigenvalue weighted by atomic mass is 19.1. The molecular formula is C16H27FN2. The van der Waals surface area contributed by atoms with Gasteiger partial charge in [0, 0.05) is 11.6 Å². The average Bonchev–Trinajstić information content (AvgIpc) is 2.36. The second kappa shape index (κ2) is 7.61. The van der Waals surface area contributed by atoms with Crippen LogP contribution in [0.1, 0.15) is 43.0 Å². The van der Waals surface area contributed by atoms with Crippen molar-refractivity contribution in [1.29, 1.82) is 0 Å². The number of benzene rings is 1. The minimum Gasteiger partial charge on any atom is -0.313 e. The first-order chi connectivity index (χ1) is 9.03. The van der Waals surface area contributed by atoms with Crippen LogP contribution in [-0.4, -0.2) is 31.6 Å². The van der Waals surface area contributed by atoms with Crippen LogP contribution in [0.5, 0.6) is 0 Å². The third kappa shape index (κ3) is 4.29. The van der Waals surface area contributed by atoms with Crippen LogP contribution < -0.4 is 5.32 Å². The summed E-state index contributed by atoms with van der Waals surface area (Å²) in [5.41, 5.74) is 2.84. The van der Waals surface area contributed by atoms with Gasteiger partial charge in [-0.25, -0.2) is 4.39 Å². The molecule has 0 heterocycles. The van der Waals surface area contributed by atoms with Crippen LogP contribution in [0.4, 0.5) is 4.39 Å². The van der Waals surface area contributed by atoms with Gasteiger partial charge in [0.05, 0.1) is 0 Å². The predicted molar refractivity (Wildman–Crippen MR) is 80.1 cm³/mol. The van der Waals surface area contributed by atoms with Crippen molar-refractivity contribution in [3.8, 4) is 0 Å². The fourth-order valence-electron chi connectivity index (χ4n) is 2.65. The van der Waals surface area contributed by atoms with Gasteiger partial charge in [0.15, 0.2) is 0 Å². The van der Waals surface area contributed by atoms with Gasteiger partial charge in [-0.3, -0.25) is 0 Å². The standard InChI is InChI=1S/C16H27FN2/c1-6-19(7-2)9-8-15(18-5)16-13(4)10-12(3)11-14(16)17/h10-11,15,18H,6-9H2,1-5H3. The van der Waals surface area contributed by atoms with E-state index in [2.05, 4.69) is 30.1 Å². The van der Waals surface area contributed by atoms with Crippen molar-refractivity contribution in [3.05, 3.63) is 34.6 Å². The molecule has 2 nitrogen and oxygen atoms in total.